The van der Waals surface area contributed by atoms with Crippen LogP contribution in [0.25, 0.3) is 21.7 Å². The second-order valence-electron chi connectivity index (χ2n) is 7.36. The van der Waals surface area contributed by atoms with Crippen LogP contribution < -0.4 is 5.32 Å². The maximum Gasteiger partial charge on any atom is 0.224 e. The van der Waals surface area contributed by atoms with Gasteiger partial charge in [-0.3, -0.25) is 4.79 Å². The molecule has 0 atom stereocenters. The van der Waals surface area contributed by atoms with E-state index in [0.29, 0.717) is 13.0 Å². The third-order valence-corrected chi connectivity index (χ3v) is 6.33. The Morgan fingerprint density at radius 3 is 2.27 bits per heavy atom. The Morgan fingerprint density at radius 2 is 1.53 bits per heavy atom. The molecule has 0 aliphatic rings. The molecule has 1 heterocycles. The number of aromatic nitrogens is 1. The average molecular weight is 413 g/mol. The standard InChI is InChI=1S/C26H24N2OS/c1-18-8-6-7-11-23(18)26-28-19(2)24(30-26)17-27-25(29)16-20-12-14-22(15-13-20)21-9-4-3-5-10-21/h3-15H,16-17H2,1-2H3,(H,27,29). The monoisotopic (exact) mass is 412 g/mol. The molecular formula is C26H24N2OS. The van der Waals surface area contributed by atoms with Gasteiger partial charge in [-0.25, -0.2) is 4.98 Å². The Balaban J connectivity index is 1.37. The summed E-state index contributed by atoms with van der Waals surface area (Å²) >= 11 is 1.65. The van der Waals surface area contributed by atoms with Gasteiger partial charge in [-0.2, -0.15) is 0 Å². The van der Waals surface area contributed by atoms with E-state index in [9.17, 15) is 4.79 Å². The number of nitrogens with zero attached hydrogens (tertiary/aromatic N) is 1. The molecule has 30 heavy (non-hydrogen) atoms. The highest BCUT2D eigenvalue weighted by Crippen LogP contribution is 2.30. The van der Waals surface area contributed by atoms with E-state index in [-0.39, 0.29) is 5.91 Å². The van der Waals surface area contributed by atoms with Crippen molar-refractivity contribution in [3.63, 3.8) is 0 Å². The SMILES string of the molecule is Cc1ccccc1-c1nc(C)c(CNC(=O)Cc2ccc(-c3ccccc3)cc2)s1. The Kier molecular flexibility index (Phi) is 6.05. The van der Waals surface area contributed by atoms with Crippen LogP contribution in [0.1, 0.15) is 21.7 Å². The van der Waals surface area contributed by atoms with Gasteiger partial charge in [0.05, 0.1) is 18.7 Å². The van der Waals surface area contributed by atoms with Gasteiger partial charge >= 0.3 is 0 Å². The first-order valence-corrected chi connectivity index (χ1v) is 10.8. The fourth-order valence-corrected chi connectivity index (χ4v) is 4.49. The van der Waals surface area contributed by atoms with Crippen molar-refractivity contribution in [3.05, 3.63) is 101 Å². The molecule has 0 saturated heterocycles. The molecule has 0 saturated carbocycles. The van der Waals surface area contributed by atoms with Crippen molar-refractivity contribution in [3.8, 4) is 21.7 Å². The molecule has 0 spiro atoms. The topological polar surface area (TPSA) is 42.0 Å². The first kappa shape index (κ1) is 20.0. The van der Waals surface area contributed by atoms with Gasteiger partial charge in [-0.1, -0.05) is 78.9 Å². The number of rotatable bonds is 6. The highest BCUT2D eigenvalue weighted by atomic mass is 32.1. The Bertz CT molecular complexity index is 1150. The quantitative estimate of drug-likeness (QED) is 0.425. The molecule has 3 aromatic carbocycles. The molecule has 150 valence electrons. The molecule has 0 aliphatic heterocycles. The van der Waals surface area contributed by atoms with Crippen molar-refractivity contribution in [2.45, 2.75) is 26.8 Å². The molecule has 0 radical (unpaired) electrons. The van der Waals surface area contributed by atoms with Crippen molar-refractivity contribution in [1.82, 2.24) is 10.3 Å². The lowest BCUT2D eigenvalue weighted by Crippen LogP contribution is -2.24. The number of benzene rings is 3. The molecular weight excluding hydrogens is 388 g/mol. The number of aryl methyl sites for hydroxylation is 2. The summed E-state index contributed by atoms with van der Waals surface area (Å²) in [4.78, 5) is 18.3. The molecule has 1 amide bonds. The van der Waals surface area contributed by atoms with E-state index in [1.165, 1.54) is 11.1 Å². The van der Waals surface area contributed by atoms with Gasteiger partial charge in [0.15, 0.2) is 0 Å². The summed E-state index contributed by atoms with van der Waals surface area (Å²) in [5.74, 6) is 0.0210. The summed E-state index contributed by atoms with van der Waals surface area (Å²) in [5, 5.41) is 4.05. The molecule has 3 nitrogen and oxygen atoms in total. The van der Waals surface area contributed by atoms with Crippen LogP contribution in [0.15, 0.2) is 78.9 Å². The number of thiazole rings is 1. The van der Waals surface area contributed by atoms with Gasteiger partial charge in [-0.15, -0.1) is 11.3 Å². The minimum atomic E-state index is 0.0210. The van der Waals surface area contributed by atoms with E-state index in [2.05, 4.69) is 48.6 Å². The van der Waals surface area contributed by atoms with Gasteiger partial charge in [-0.05, 0) is 36.1 Å². The first-order chi connectivity index (χ1) is 14.6. The van der Waals surface area contributed by atoms with E-state index in [4.69, 9.17) is 4.98 Å². The summed E-state index contributed by atoms with van der Waals surface area (Å²) < 4.78 is 0. The summed E-state index contributed by atoms with van der Waals surface area (Å²) in [5.41, 5.74) is 6.68. The molecule has 4 rings (SSSR count). The van der Waals surface area contributed by atoms with Gasteiger partial charge in [0.1, 0.15) is 5.01 Å². The zero-order valence-electron chi connectivity index (χ0n) is 17.2. The van der Waals surface area contributed by atoms with Crippen LogP contribution in [-0.4, -0.2) is 10.9 Å². The van der Waals surface area contributed by atoms with Crippen molar-refractivity contribution >= 4 is 17.2 Å². The van der Waals surface area contributed by atoms with Crippen LogP contribution in [0.3, 0.4) is 0 Å². The summed E-state index contributed by atoms with van der Waals surface area (Å²) in [7, 11) is 0. The second kappa shape index (κ2) is 9.06. The second-order valence-corrected chi connectivity index (χ2v) is 8.44. The zero-order valence-corrected chi connectivity index (χ0v) is 18.0. The molecule has 1 N–H and O–H groups in total. The van der Waals surface area contributed by atoms with E-state index < -0.39 is 0 Å². The van der Waals surface area contributed by atoms with E-state index in [1.807, 2.05) is 49.4 Å². The predicted octanol–water partition coefficient (Wildman–Crippen LogP) is 5.95. The highest BCUT2D eigenvalue weighted by Gasteiger charge is 2.12. The summed E-state index contributed by atoms with van der Waals surface area (Å²) in [6, 6.07) is 26.7. The molecule has 4 aromatic rings. The largest absolute Gasteiger partial charge is 0.351 e. The molecule has 4 heteroatoms. The zero-order chi connectivity index (χ0) is 20.9. The van der Waals surface area contributed by atoms with Crippen molar-refractivity contribution in [2.75, 3.05) is 0 Å². The maximum atomic E-state index is 12.5. The number of carbonyl (C=O) groups excluding carboxylic acids is 1. The highest BCUT2D eigenvalue weighted by molar-refractivity contribution is 7.15. The fraction of sp³-hybridized carbons (Fsp3) is 0.154. The van der Waals surface area contributed by atoms with E-state index in [0.717, 1.165) is 32.3 Å². The van der Waals surface area contributed by atoms with Crippen LogP contribution in [0, 0.1) is 13.8 Å². The molecule has 0 unspecified atom stereocenters. The number of amides is 1. The van der Waals surface area contributed by atoms with Gasteiger partial charge in [0, 0.05) is 10.4 Å². The molecule has 1 aromatic heterocycles. The Labute approximate surface area is 181 Å². The third kappa shape index (κ3) is 4.66. The summed E-state index contributed by atoms with van der Waals surface area (Å²) in [6.07, 6.45) is 0.373. The Hall–Kier alpha value is -3.24. The van der Waals surface area contributed by atoms with Gasteiger partial charge in [0.25, 0.3) is 0 Å². The van der Waals surface area contributed by atoms with Crippen molar-refractivity contribution < 1.29 is 4.79 Å². The van der Waals surface area contributed by atoms with Crippen LogP contribution in [-0.2, 0) is 17.8 Å². The van der Waals surface area contributed by atoms with Crippen molar-refractivity contribution in [1.29, 1.82) is 0 Å². The average Bonchev–Trinajstić information content (AvgIpc) is 3.14. The normalized spacial score (nSPS) is 10.7. The van der Waals surface area contributed by atoms with E-state index >= 15 is 0 Å². The molecule has 0 aliphatic carbocycles. The maximum absolute atomic E-state index is 12.5. The van der Waals surface area contributed by atoms with Crippen molar-refractivity contribution in [2.24, 2.45) is 0 Å². The predicted molar refractivity (Wildman–Crippen MR) is 124 cm³/mol. The number of hydrogen-bond donors (Lipinski definition) is 1. The Morgan fingerprint density at radius 1 is 0.867 bits per heavy atom. The molecule has 0 fully saturated rings. The minimum absolute atomic E-state index is 0.0210. The third-order valence-electron chi connectivity index (χ3n) is 5.14. The van der Waals surface area contributed by atoms with Crippen LogP contribution in [0.5, 0.6) is 0 Å². The van der Waals surface area contributed by atoms with Gasteiger partial charge in [0.2, 0.25) is 5.91 Å². The van der Waals surface area contributed by atoms with Crippen LogP contribution in [0.4, 0.5) is 0 Å². The lowest BCUT2D eigenvalue weighted by molar-refractivity contribution is -0.120. The van der Waals surface area contributed by atoms with Crippen LogP contribution >= 0.6 is 11.3 Å². The minimum Gasteiger partial charge on any atom is -0.351 e. The number of carbonyl (C=O) groups is 1. The first-order valence-electron chi connectivity index (χ1n) is 10.0. The lowest BCUT2D eigenvalue weighted by Gasteiger charge is -2.06. The van der Waals surface area contributed by atoms with E-state index in [1.54, 1.807) is 11.3 Å². The smallest absolute Gasteiger partial charge is 0.224 e. The number of hydrogen-bond acceptors (Lipinski definition) is 3. The lowest BCUT2D eigenvalue weighted by atomic mass is 10.0. The number of nitrogens with one attached hydrogen (secondary N) is 1. The van der Waals surface area contributed by atoms with Gasteiger partial charge < -0.3 is 5.32 Å². The van der Waals surface area contributed by atoms with Crippen LogP contribution in [0.2, 0.25) is 0 Å². The summed E-state index contributed by atoms with van der Waals surface area (Å²) in [6.45, 7) is 4.61. The molecule has 0 bridgehead atoms. The fourth-order valence-electron chi connectivity index (χ4n) is 3.39.